The van der Waals surface area contributed by atoms with Gasteiger partial charge in [-0.05, 0) is 17.7 Å². The van der Waals surface area contributed by atoms with E-state index in [1.54, 1.807) is 36.0 Å². The normalized spacial score (nSPS) is 12.1. The fourth-order valence-corrected chi connectivity index (χ4v) is 1.61. The number of rotatable bonds is 3. The van der Waals surface area contributed by atoms with E-state index in [-0.39, 0.29) is 0 Å². The lowest BCUT2D eigenvalue weighted by Gasteiger charge is -2.10. The summed E-state index contributed by atoms with van der Waals surface area (Å²) < 4.78 is 1.62. The summed E-state index contributed by atoms with van der Waals surface area (Å²) >= 11 is 0. The van der Waals surface area contributed by atoms with Crippen LogP contribution in [0.15, 0.2) is 30.6 Å². The van der Waals surface area contributed by atoms with E-state index >= 15 is 0 Å². The number of aliphatic hydroxyl groups is 1. The zero-order valence-electron chi connectivity index (χ0n) is 9.41. The summed E-state index contributed by atoms with van der Waals surface area (Å²) in [7, 11) is 1.78. The summed E-state index contributed by atoms with van der Waals surface area (Å²) in [6.07, 6.45) is 1.16. The van der Waals surface area contributed by atoms with Crippen molar-refractivity contribution in [1.29, 1.82) is 5.26 Å². The lowest BCUT2D eigenvalue weighted by Crippen LogP contribution is -2.07. The first-order valence-electron chi connectivity index (χ1n) is 5.21. The van der Waals surface area contributed by atoms with Crippen molar-refractivity contribution < 1.29 is 5.11 Å². The molecular weight excluding hydrogens is 216 g/mol. The fraction of sp³-hybridized carbons (Fsp3) is 0.250. The van der Waals surface area contributed by atoms with Gasteiger partial charge in [-0.1, -0.05) is 12.1 Å². The summed E-state index contributed by atoms with van der Waals surface area (Å²) in [6, 6.07) is 8.99. The van der Waals surface area contributed by atoms with Crippen molar-refractivity contribution in [1.82, 2.24) is 14.8 Å². The Labute approximate surface area is 99.0 Å². The summed E-state index contributed by atoms with van der Waals surface area (Å²) in [5.74, 6) is 0.708. The minimum absolute atomic E-state index is 0.380. The number of hydrogen-bond donors (Lipinski definition) is 1. The summed E-state index contributed by atoms with van der Waals surface area (Å²) in [5, 5.41) is 22.8. The van der Waals surface area contributed by atoms with Gasteiger partial charge in [-0.15, -0.1) is 0 Å². The molecule has 1 N–H and O–H groups in total. The third-order valence-corrected chi connectivity index (χ3v) is 2.58. The van der Waals surface area contributed by atoms with Crippen LogP contribution in [-0.2, 0) is 13.5 Å². The van der Waals surface area contributed by atoms with Gasteiger partial charge in [0.1, 0.15) is 12.2 Å². The predicted molar refractivity (Wildman–Crippen MR) is 60.8 cm³/mol. The molecular formula is C12H12N4O. The largest absolute Gasteiger partial charge is 0.388 e. The zero-order chi connectivity index (χ0) is 12.3. The minimum atomic E-state index is -0.675. The molecule has 2 rings (SSSR count). The van der Waals surface area contributed by atoms with Gasteiger partial charge >= 0.3 is 0 Å². The number of aromatic nitrogens is 3. The molecule has 17 heavy (non-hydrogen) atoms. The molecule has 1 aromatic heterocycles. The second-order valence-electron chi connectivity index (χ2n) is 3.76. The van der Waals surface area contributed by atoms with E-state index in [1.165, 1.54) is 6.33 Å². The van der Waals surface area contributed by atoms with Crippen molar-refractivity contribution >= 4 is 0 Å². The van der Waals surface area contributed by atoms with E-state index in [1.807, 2.05) is 6.07 Å². The Hall–Kier alpha value is -2.19. The third kappa shape index (κ3) is 2.49. The van der Waals surface area contributed by atoms with Crippen LogP contribution in [0.3, 0.4) is 0 Å². The number of aliphatic hydroxyl groups excluding tert-OH is 1. The molecule has 0 aliphatic carbocycles. The van der Waals surface area contributed by atoms with E-state index in [0.29, 0.717) is 23.4 Å². The summed E-state index contributed by atoms with van der Waals surface area (Å²) in [6.45, 7) is 0. The lowest BCUT2D eigenvalue weighted by molar-refractivity contribution is 0.174. The van der Waals surface area contributed by atoms with Gasteiger partial charge in [-0.3, -0.25) is 4.68 Å². The summed E-state index contributed by atoms with van der Waals surface area (Å²) in [4.78, 5) is 4.05. The standard InChI is InChI=1S/C12H12N4O/c1-16-12(14-8-15-16)6-11(17)10-4-2-3-9(5-10)7-13/h2-5,8,11,17H,6H2,1H3. The second-order valence-corrected chi connectivity index (χ2v) is 3.76. The van der Waals surface area contributed by atoms with Crippen molar-refractivity contribution in [2.75, 3.05) is 0 Å². The van der Waals surface area contributed by atoms with Gasteiger partial charge in [0.15, 0.2) is 0 Å². The van der Waals surface area contributed by atoms with Crippen molar-refractivity contribution in [3.05, 3.63) is 47.5 Å². The lowest BCUT2D eigenvalue weighted by atomic mass is 10.0. The Bertz CT molecular complexity index is 556. The Balaban J connectivity index is 2.17. The quantitative estimate of drug-likeness (QED) is 0.849. The van der Waals surface area contributed by atoms with Gasteiger partial charge < -0.3 is 5.11 Å². The number of nitriles is 1. The fourth-order valence-electron chi connectivity index (χ4n) is 1.61. The van der Waals surface area contributed by atoms with E-state index in [4.69, 9.17) is 5.26 Å². The Morgan fingerprint density at radius 1 is 1.53 bits per heavy atom. The first-order valence-corrected chi connectivity index (χ1v) is 5.21. The van der Waals surface area contributed by atoms with Gasteiger partial charge in [0, 0.05) is 13.5 Å². The summed E-state index contributed by atoms with van der Waals surface area (Å²) in [5.41, 5.74) is 1.26. The number of benzene rings is 1. The second kappa shape index (κ2) is 4.76. The number of nitrogens with zero attached hydrogens (tertiary/aromatic N) is 4. The maximum atomic E-state index is 10.0. The molecule has 5 heteroatoms. The van der Waals surface area contributed by atoms with Crippen LogP contribution < -0.4 is 0 Å². The van der Waals surface area contributed by atoms with Gasteiger partial charge in [-0.25, -0.2) is 4.98 Å². The molecule has 0 amide bonds. The monoisotopic (exact) mass is 228 g/mol. The number of hydrogen-bond acceptors (Lipinski definition) is 4. The Morgan fingerprint density at radius 3 is 3.00 bits per heavy atom. The van der Waals surface area contributed by atoms with Crippen molar-refractivity contribution in [2.24, 2.45) is 7.05 Å². The molecule has 5 nitrogen and oxygen atoms in total. The molecule has 2 aromatic rings. The van der Waals surface area contributed by atoms with Crippen LogP contribution >= 0.6 is 0 Å². The zero-order valence-corrected chi connectivity index (χ0v) is 9.41. The molecule has 0 saturated carbocycles. The van der Waals surface area contributed by atoms with Crippen molar-refractivity contribution in [3.8, 4) is 6.07 Å². The highest BCUT2D eigenvalue weighted by Gasteiger charge is 2.12. The van der Waals surface area contributed by atoms with Crippen LogP contribution in [0.25, 0.3) is 0 Å². The van der Waals surface area contributed by atoms with Crippen LogP contribution in [0.2, 0.25) is 0 Å². The van der Waals surface area contributed by atoms with Crippen LogP contribution in [-0.4, -0.2) is 19.9 Å². The topological polar surface area (TPSA) is 74.7 Å². The molecule has 86 valence electrons. The molecule has 0 aliphatic heterocycles. The predicted octanol–water partition coefficient (Wildman–Crippen LogP) is 0.963. The maximum absolute atomic E-state index is 10.0. The molecule has 0 aliphatic rings. The minimum Gasteiger partial charge on any atom is -0.388 e. The van der Waals surface area contributed by atoms with Gasteiger partial charge in [0.25, 0.3) is 0 Å². The van der Waals surface area contributed by atoms with Crippen LogP contribution in [0, 0.1) is 11.3 Å². The van der Waals surface area contributed by atoms with Gasteiger partial charge in [-0.2, -0.15) is 10.4 Å². The average molecular weight is 228 g/mol. The maximum Gasteiger partial charge on any atom is 0.138 e. The molecule has 0 radical (unpaired) electrons. The first-order chi connectivity index (χ1) is 8.20. The molecule has 1 heterocycles. The van der Waals surface area contributed by atoms with Crippen LogP contribution in [0.4, 0.5) is 0 Å². The van der Waals surface area contributed by atoms with E-state index in [0.717, 1.165) is 0 Å². The Kier molecular flexibility index (Phi) is 3.17. The van der Waals surface area contributed by atoms with Crippen molar-refractivity contribution in [3.63, 3.8) is 0 Å². The molecule has 1 unspecified atom stereocenters. The van der Waals surface area contributed by atoms with Crippen LogP contribution in [0.1, 0.15) is 23.1 Å². The number of aryl methyl sites for hydroxylation is 1. The molecule has 1 aromatic carbocycles. The third-order valence-electron chi connectivity index (χ3n) is 2.58. The highest BCUT2D eigenvalue weighted by molar-refractivity contribution is 5.33. The average Bonchev–Trinajstić information content (AvgIpc) is 2.75. The Morgan fingerprint density at radius 2 is 2.35 bits per heavy atom. The van der Waals surface area contributed by atoms with Crippen LogP contribution in [0.5, 0.6) is 0 Å². The first kappa shape index (κ1) is 11.3. The molecule has 1 atom stereocenters. The SMILES string of the molecule is Cn1ncnc1CC(O)c1cccc(C#N)c1. The van der Waals surface area contributed by atoms with Gasteiger partial charge in [0.2, 0.25) is 0 Å². The molecule has 0 bridgehead atoms. The van der Waals surface area contributed by atoms with Crippen molar-refractivity contribution in [2.45, 2.75) is 12.5 Å². The highest BCUT2D eigenvalue weighted by atomic mass is 16.3. The van der Waals surface area contributed by atoms with E-state index in [9.17, 15) is 5.11 Å². The molecule has 0 fully saturated rings. The van der Waals surface area contributed by atoms with E-state index < -0.39 is 6.10 Å². The molecule has 0 saturated heterocycles. The van der Waals surface area contributed by atoms with Gasteiger partial charge in [0.05, 0.1) is 17.7 Å². The van der Waals surface area contributed by atoms with E-state index in [2.05, 4.69) is 10.1 Å². The molecule has 0 spiro atoms. The smallest absolute Gasteiger partial charge is 0.138 e. The highest BCUT2D eigenvalue weighted by Crippen LogP contribution is 2.17.